The van der Waals surface area contributed by atoms with E-state index in [2.05, 4.69) is 52.5 Å². The normalized spacial score (nSPS) is 17.8. The van der Waals surface area contributed by atoms with Crippen LogP contribution in [0.4, 0.5) is 10.5 Å². The van der Waals surface area contributed by atoms with E-state index in [4.69, 9.17) is 4.74 Å². The Morgan fingerprint density at radius 1 is 1.02 bits per heavy atom. The topological polar surface area (TPSA) is 151 Å². The molecule has 218 valence electrons. The second kappa shape index (κ2) is 13.7. The number of carbonyl (C=O) groups excluding carboxylic acids is 3. The van der Waals surface area contributed by atoms with Crippen LogP contribution in [-0.4, -0.2) is 56.7 Å². The lowest BCUT2D eigenvalue weighted by molar-refractivity contribution is -0.130. The molecule has 0 unspecified atom stereocenters. The predicted octanol–water partition coefficient (Wildman–Crippen LogP) is 4.63. The molecular formula is C29H36BrN7O4. The molecule has 3 aromatic rings. The summed E-state index contributed by atoms with van der Waals surface area (Å²) in [7, 11) is 0. The molecule has 1 aliphatic carbocycles. The molecule has 1 aromatic heterocycles. The number of amides is 3. The zero-order valence-corrected chi connectivity index (χ0v) is 25.0. The highest BCUT2D eigenvalue weighted by molar-refractivity contribution is 9.10. The van der Waals surface area contributed by atoms with Crippen molar-refractivity contribution in [3.63, 3.8) is 0 Å². The van der Waals surface area contributed by atoms with Crippen LogP contribution in [0.1, 0.15) is 52.0 Å². The molecule has 2 aromatic carbocycles. The van der Waals surface area contributed by atoms with Crippen molar-refractivity contribution in [2.24, 2.45) is 11.8 Å². The Morgan fingerprint density at radius 3 is 2.32 bits per heavy atom. The van der Waals surface area contributed by atoms with Crippen molar-refractivity contribution in [2.45, 2.75) is 64.5 Å². The third kappa shape index (κ3) is 9.38. The smallest absolute Gasteiger partial charge is 0.407 e. The third-order valence-electron chi connectivity index (χ3n) is 6.91. The van der Waals surface area contributed by atoms with Crippen LogP contribution in [0.25, 0.3) is 11.4 Å². The molecule has 1 aliphatic rings. The first kappa shape index (κ1) is 30.2. The van der Waals surface area contributed by atoms with Crippen molar-refractivity contribution in [3.05, 3.63) is 58.6 Å². The fourth-order valence-corrected chi connectivity index (χ4v) is 5.01. The van der Waals surface area contributed by atoms with Crippen molar-refractivity contribution in [1.29, 1.82) is 0 Å². The van der Waals surface area contributed by atoms with Crippen LogP contribution in [0.5, 0.6) is 0 Å². The summed E-state index contributed by atoms with van der Waals surface area (Å²) in [5, 5.41) is 22.5. The van der Waals surface area contributed by atoms with Gasteiger partial charge in [-0.25, -0.2) is 9.89 Å². The van der Waals surface area contributed by atoms with Gasteiger partial charge in [0.05, 0.1) is 0 Å². The highest BCUT2D eigenvalue weighted by Crippen LogP contribution is 2.29. The number of halogens is 1. The standard InChI is InChI=1S/C29H36BrN7O4/c1-29(2,3)41-28(40)31-17-19-4-8-21(9-5-19)26(38)33-24(16-18-6-12-22(30)13-7-18)27(39)32-23-14-10-20(11-15-23)25-34-36-37-35-25/h6-7,10-15,19,21,24H,4-5,8-9,16-17H2,1-3H3,(H,31,40)(H,32,39)(H,33,38)(H,34,35,36,37)/t19-,21-,24-/m0/s1. The van der Waals surface area contributed by atoms with Gasteiger partial charge in [-0.1, -0.05) is 28.1 Å². The van der Waals surface area contributed by atoms with Gasteiger partial charge in [-0.3, -0.25) is 9.59 Å². The number of tetrazole rings is 1. The van der Waals surface area contributed by atoms with Crippen LogP contribution in [0.2, 0.25) is 0 Å². The van der Waals surface area contributed by atoms with Gasteiger partial charge in [0.15, 0.2) is 5.82 Å². The lowest BCUT2D eigenvalue weighted by Crippen LogP contribution is -2.48. The summed E-state index contributed by atoms with van der Waals surface area (Å²) in [6, 6.07) is 14.1. The minimum absolute atomic E-state index is 0.131. The van der Waals surface area contributed by atoms with Gasteiger partial charge in [-0.05, 0) is 105 Å². The number of H-pyrrole nitrogens is 1. The number of rotatable bonds is 9. The van der Waals surface area contributed by atoms with E-state index in [0.29, 0.717) is 37.3 Å². The molecule has 41 heavy (non-hydrogen) atoms. The van der Waals surface area contributed by atoms with Crippen molar-refractivity contribution in [2.75, 3.05) is 11.9 Å². The van der Waals surface area contributed by atoms with E-state index < -0.39 is 17.7 Å². The van der Waals surface area contributed by atoms with E-state index in [1.807, 2.05) is 45.0 Å². The van der Waals surface area contributed by atoms with Crippen LogP contribution in [-0.2, 0) is 20.7 Å². The number of anilines is 1. The Kier molecular flexibility index (Phi) is 10.1. The largest absolute Gasteiger partial charge is 0.444 e. The summed E-state index contributed by atoms with van der Waals surface area (Å²) in [6.07, 6.45) is 2.93. The molecule has 3 amide bonds. The summed E-state index contributed by atoms with van der Waals surface area (Å²) >= 11 is 3.44. The lowest BCUT2D eigenvalue weighted by Gasteiger charge is -2.29. The minimum Gasteiger partial charge on any atom is -0.444 e. The SMILES string of the molecule is CC(C)(C)OC(=O)NC[C@H]1CC[C@H](C(=O)N[C@@H](Cc2ccc(Br)cc2)C(=O)Nc2ccc(-c3nnn[nH]3)cc2)CC1. The molecule has 1 atom stereocenters. The first-order valence-corrected chi connectivity index (χ1v) is 14.5. The van der Waals surface area contributed by atoms with Gasteiger partial charge in [0.25, 0.3) is 0 Å². The second-order valence-corrected chi connectivity index (χ2v) is 12.2. The van der Waals surface area contributed by atoms with E-state index >= 15 is 0 Å². The Hall–Kier alpha value is -3.80. The lowest BCUT2D eigenvalue weighted by atomic mass is 9.81. The zero-order valence-electron chi connectivity index (χ0n) is 23.4. The highest BCUT2D eigenvalue weighted by Gasteiger charge is 2.30. The van der Waals surface area contributed by atoms with Gasteiger partial charge < -0.3 is 20.7 Å². The van der Waals surface area contributed by atoms with E-state index in [-0.39, 0.29) is 23.7 Å². The Morgan fingerprint density at radius 2 is 1.71 bits per heavy atom. The summed E-state index contributed by atoms with van der Waals surface area (Å²) in [4.78, 5) is 38.7. The Bertz CT molecular complexity index is 1300. The van der Waals surface area contributed by atoms with E-state index in [9.17, 15) is 14.4 Å². The molecular weight excluding hydrogens is 590 g/mol. The highest BCUT2D eigenvalue weighted by atomic mass is 79.9. The summed E-state index contributed by atoms with van der Waals surface area (Å²) in [5.41, 5.74) is 1.76. The number of hydrogen-bond donors (Lipinski definition) is 4. The van der Waals surface area contributed by atoms with Crippen LogP contribution in [0.15, 0.2) is 53.0 Å². The average molecular weight is 627 g/mol. The summed E-state index contributed by atoms with van der Waals surface area (Å²) < 4.78 is 6.25. The van der Waals surface area contributed by atoms with Crippen LogP contribution >= 0.6 is 15.9 Å². The number of carbonyl (C=O) groups is 3. The molecule has 1 heterocycles. The number of aromatic nitrogens is 4. The second-order valence-electron chi connectivity index (χ2n) is 11.3. The molecule has 0 radical (unpaired) electrons. The Labute approximate surface area is 247 Å². The minimum atomic E-state index is -0.756. The molecule has 1 fully saturated rings. The molecule has 0 aliphatic heterocycles. The van der Waals surface area contributed by atoms with Gasteiger partial charge in [0, 0.05) is 34.6 Å². The first-order valence-electron chi connectivity index (χ1n) is 13.7. The van der Waals surface area contributed by atoms with Crippen molar-refractivity contribution in [1.82, 2.24) is 31.3 Å². The molecule has 11 nitrogen and oxygen atoms in total. The number of ether oxygens (including phenoxy) is 1. The summed E-state index contributed by atoms with van der Waals surface area (Å²) in [6.45, 7) is 6.00. The van der Waals surface area contributed by atoms with Gasteiger partial charge >= 0.3 is 6.09 Å². The number of nitrogens with one attached hydrogen (secondary N) is 4. The average Bonchev–Trinajstić information content (AvgIpc) is 3.48. The van der Waals surface area contributed by atoms with Gasteiger partial charge in [0.2, 0.25) is 11.8 Å². The maximum absolute atomic E-state index is 13.4. The van der Waals surface area contributed by atoms with E-state index in [1.165, 1.54) is 0 Å². The fraction of sp³-hybridized carbons (Fsp3) is 0.448. The monoisotopic (exact) mass is 625 g/mol. The zero-order chi connectivity index (χ0) is 29.4. The number of alkyl carbamates (subject to hydrolysis) is 1. The van der Waals surface area contributed by atoms with Crippen LogP contribution in [0.3, 0.4) is 0 Å². The van der Waals surface area contributed by atoms with Crippen molar-refractivity contribution in [3.8, 4) is 11.4 Å². The molecule has 0 saturated heterocycles. The van der Waals surface area contributed by atoms with Crippen molar-refractivity contribution >= 4 is 39.5 Å². The maximum atomic E-state index is 13.4. The number of hydrogen-bond acceptors (Lipinski definition) is 7. The molecule has 4 rings (SSSR count). The number of benzene rings is 2. The Balaban J connectivity index is 1.34. The van der Waals surface area contributed by atoms with E-state index in [0.717, 1.165) is 28.4 Å². The third-order valence-corrected chi connectivity index (χ3v) is 7.44. The van der Waals surface area contributed by atoms with Crippen LogP contribution in [0, 0.1) is 11.8 Å². The first-order chi connectivity index (χ1) is 19.6. The quantitative estimate of drug-likeness (QED) is 0.271. The molecule has 1 saturated carbocycles. The van der Waals surface area contributed by atoms with Gasteiger partial charge in [-0.2, -0.15) is 0 Å². The fourth-order valence-electron chi connectivity index (χ4n) is 4.75. The predicted molar refractivity (Wildman–Crippen MR) is 158 cm³/mol. The van der Waals surface area contributed by atoms with Crippen LogP contribution < -0.4 is 16.0 Å². The molecule has 12 heteroatoms. The molecule has 4 N–H and O–H groups in total. The van der Waals surface area contributed by atoms with Crippen molar-refractivity contribution < 1.29 is 19.1 Å². The van der Waals surface area contributed by atoms with Gasteiger partial charge in [0.1, 0.15) is 11.6 Å². The van der Waals surface area contributed by atoms with Gasteiger partial charge in [-0.15, -0.1) is 5.10 Å². The van der Waals surface area contributed by atoms with E-state index in [1.54, 1.807) is 24.3 Å². The number of nitrogens with zero attached hydrogens (tertiary/aromatic N) is 3. The molecule has 0 spiro atoms. The molecule has 0 bridgehead atoms. The number of aromatic amines is 1. The maximum Gasteiger partial charge on any atom is 0.407 e. The summed E-state index contributed by atoms with van der Waals surface area (Å²) in [5.74, 6) is 0.185.